The van der Waals surface area contributed by atoms with Gasteiger partial charge < -0.3 is 5.11 Å². The molecule has 6 heteroatoms. The van der Waals surface area contributed by atoms with E-state index in [-0.39, 0.29) is 16.9 Å². The van der Waals surface area contributed by atoms with E-state index in [0.717, 1.165) is 0 Å². The van der Waals surface area contributed by atoms with Gasteiger partial charge in [0, 0.05) is 25.1 Å². The SMILES string of the molecule is C=C(Cc1cccc(S(=O)(=O)N(CC)CC)c1)C(=O)O. The Kier molecular flexibility index (Phi) is 5.47. The number of aliphatic carboxylic acids is 1. The van der Waals surface area contributed by atoms with E-state index in [1.807, 2.05) is 0 Å². The van der Waals surface area contributed by atoms with Crippen LogP contribution in [0.4, 0.5) is 0 Å². The quantitative estimate of drug-likeness (QED) is 0.780. The van der Waals surface area contributed by atoms with E-state index in [2.05, 4.69) is 6.58 Å². The van der Waals surface area contributed by atoms with E-state index in [0.29, 0.717) is 18.7 Å². The molecular formula is C14H19NO4S. The molecule has 0 amide bonds. The molecule has 0 aliphatic rings. The summed E-state index contributed by atoms with van der Waals surface area (Å²) in [5, 5.41) is 8.81. The lowest BCUT2D eigenvalue weighted by atomic mass is 10.1. The largest absolute Gasteiger partial charge is 0.478 e. The Balaban J connectivity index is 3.10. The van der Waals surface area contributed by atoms with Crippen molar-refractivity contribution in [3.63, 3.8) is 0 Å². The molecule has 0 aliphatic heterocycles. The number of carbonyl (C=O) groups is 1. The first-order chi connectivity index (χ1) is 9.32. The second-order valence-electron chi connectivity index (χ2n) is 4.32. The van der Waals surface area contributed by atoms with Crippen LogP contribution in [0.25, 0.3) is 0 Å². The van der Waals surface area contributed by atoms with Gasteiger partial charge >= 0.3 is 5.97 Å². The first kappa shape index (κ1) is 16.4. The van der Waals surface area contributed by atoms with Crippen molar-refractivity contribution < 1.29 is 18.3 Å². The van der Waals surface area contributed by atoms with Gasteiger partial charge in [0.25, 0.3) is 0 Å². The summed E-state index contributed by atoms with van der Waals surface area (Å²) < 4.78 is 26.1. The van der Waals surface area contributed by atoms with Crippen molar-refractivity contribution in [1.29, 1.82) is 0 Å². The van der Waals surface area contributed by atoms with Crippen LogP contribution in [0.1, 0.15) is 19.4 Å². The lowest BCUT2D eigenvalue weighted by Crippen LogP contribution is -2.30. The average Bonchev–Trinajstić information content (AvgIpc) is 2.40. The van der Waals surface area contributed by atoms with E-state index in [9.17, 15) is 13.2 Å². The van der Waals surface area contributed by atoms with E-state index < -0.39 is 16.0 Å². The first-order valence-corrected chi connectivity index (χ1v) is 7.77. The van der Waals surface area contributed by atoms with Crippen LogP contribution in [0.3, 0.4) is 0 Å². The molecule has 0 aromatic heterocycles. The summed E-state index contributed by atoms with van der Waals surface area (Å²) in [6.45, 7) is 7.79. The van der Waals surface area contributed by atoms with Gasteiger partial charge in [-0.15, -0.1) is 0 Å². The first-order valence-electron chi connectivity index (χ1n) is 6.33. The molecule has 110 valence electrons. The molecular weight excluding hydrogens is 278 g/mol. The van der Waals surface area contributed by atoms with Gasteiger partial charge in [0.05, 0.1) is 4.90 Å². The van der Waals surface area contributed by atoms with Gasteiger partial charge in [0.2, 0.25) is 10.0 Å². The molecule has 0 heterocycles. The van der Waals surface area contributed by atoms with Crippen LogP contribution >= 0.6 is 0 Å². The Hall–Kier alpha value is -1.66. The molecule has 1 aromatic rings. The second-order valence-corrected chi connectivity index (χ2v) is 6.26. The fraction of sp³-hybridized carbons (Fsp3) is 0.357. The maximum atomic E-state index is 12.4. The minimum Gasteiger partial charge on any atom is -0.478 e. The van der Waals surface area contributed by atoms with Crippen LogP contribution < -0.4 is 0 Å². The fourth-order valence-corrected chi connectivity index (χ4v) is 3.38. The highest BCUT2D eigenvalue weighted by Crippen LogP contribution is 2.18. The molecule has 0 radical (unpaired) electrons. The highest BCUT2D eigenvalue weighted by Gasteiger charge is 2.21. The summed E-state index contributed by atoms with van der Waals surface area (Å²) in [7, 11) is -3.52. The third-order valence-corrected chi connectivity index (χ3v) is 5.01. The predicted molar refractivity (Wildman–Crippen MR) is 77.0 cm³/mol. The Morgan fingerprint density at radius 3 is 2.40 bits per heavy atom. The molecule has 0 atom stereocenters. The zero-order valence-corrected chi connectivity index (χ0v) is 12.5. The van der Waals surface area contributed by atoms with E-state index >= 15 is 0 Å². The zero-order valence-electron chi connectivity index (χ0n) is 11.7. The average molecular weight is 297 g/mol. The number of rotatable bonds is 7. The molecule has 1 N–H and O–H groups in total. The standard InChI is InChI=1S/C14H19NO4S/c1-4-15(5-2)20(18,19)13-8-6-7-12(10-13)9-11(3)14(16)17/h6-8,10H,3-5,9H2,1-2H3,(H,16,17). The lowest BCUT2D eigenvalue weighted by molar-refractivity contribution is -0.132. The molecule has 0 unspecified atom stereocenters. The monoisotopic (exact) mass is 297 g/mol. The topological polar surface area (TPSA) is 74.7 Å². The van der Waals surface area contributed by atoms with Gasteiger partial charge in [0.1, 0.15) is 0 Å². The van der Waals surface area contributed by atoms with Crippen LogP contribution in [0.15, 0.2) is 41.3 Å². The number of carboxylic acids is 1. The highest BCUT2D eigenvalue weighted by molar-refractivity contribution is 7.89. The molecule has 0 fully saturated rings. The van der Waals surface area contributed by atoms with E-state index in [1.165, 1.54) is 16.4 Å². The number of nitrogens with zero attached hydrogens (tertiary/aromatic N) is 1. The van der Waals surface area contributed by atoms with Crippen LogP contribution in [-0.4, -0.2) is 36.9 Å². The van der Waals surface area contributed by atoms with Gasteiger partial charge in [-0.05, 0) is 17.7 Å². The lowest BCUT2D eigenvalue weighted by Gasteiger charge is -2.18. The molecule has 0 spiro atoms. The molecule has 0 aliphatic carbocycles. The maximum absolute atomic E-state index is 12.4. The van der Waals surface area contributed by atoms with Gasteiger partial charge in [-0.25, -0.2) is 13.2 Å². The van der Waals surface area contributed by atoms with Crippen molar-refractivity contribution in [1.82, 2.24) is 4.31 Å². The number of sulfonamides is 1. The third-order valence-electron chi connectivity index (χ3n) is 2.96. The van der Waals surface area contributed by atoms with Gasteiger partial charge in [-0.2, -0.15) is 4.31 Å². The van der Waals surface area contributed by atoms with Crippen LogP contribution in [-0.2, 0) is 21.2 Å². The third kappa shape index (κ3) is 3.68. The highest BCUT2D eigenvalue weighted by atomic mass is 32.2. The Bertz CT molecular complexity index is 603. The van der Waals surface area contributed by atoms with Crippen molar-refractivity contribution in [2.75, 3.05) is 13.1 Å². The summed E-state index contributed by atoms with van der Waals surface area (Å²) in [6.07, 6.45) is 0.122. The predicted octanol–water partition coefficient (Wildman–Crippen LogP) is 1.90. The minimum atomic E-state index is -3.52. The minimum absolute atomic E-state index is 0.0300. The molecule has 0 saturated heterocycles. The van der Waals surface area contributed by atoms with Crippen LogP contribution in [0.2, 0.25) is 0 Å². The zero-order chi connectivity index (χ0) is 15.3. The summed E-state index contributed by atoms with van der Waals surface area (Å²) in [4.78, 5) is 10.9. The molecule has 5 nitrogen and oxygen atoms in total. The van der Waals surface area contributed by atoms with Gasteiger partial charge in [0.15, 0.2) is 0 Å². The smallest absolute Gasteiger partial charge is 0.331 e. The van der Waals surface area contributed by atoms with Crippen molar-refractivity contribution in [2.24, 2.45) is 0 Å². The summed E-state index contributed by atoms with van der Waals surface area (Å²) >= 11 is 0. The van der Waals surface area contributed by atoms with Crippen molar-refractivity contribution in [3.8, 4) is 0 Å². The Labute approximate surface area is 119 Å². The molecule has 20 heavy (non-hydrogen) atoms. The molecule has 0 bridgehead atoms. The van der Waals surface area contributed by atoms with Gasteiger partial charge in [-0.3, -0.25) is 0 Å². The Morgan fingerprint density at radius 2 is 1.90 bits per heavy atom. The van der Waals surface area contributed by atoms with E-state index in [1.54, 1.807) is 26.0 Å². The van der Waals surface area contributed by atoms with Crippen LogP contribution in [0, 0.1) is 0 Å². The molecule has 0 saturated carbocycles. The number of benzene rings is 1. The van der Waals surface area contributed by atoms with E-state index in [4.69, 9.17) is 5.11 Å². The molecule has 1 aromatic carbocycles. The summed E-state index contributed by atoms with van der Waals surface area (Å²) in [5.74, 6) is -1.08. The maximum Gasteiger partial charge on any atom is 0.331 e. The summed E-state index contributed by atoms with van der Waals surface area (Å²) in [5.41, 5.74) is 0.646. The fourth-order valence-electron chi connectivity index (χ4n) is 1.85. The van der Waals surface area contributed by atoms with Crippen molar-refractivity contribution in [2.45, 2.75) is 25.2 Å². The second kappa shape index (κ2) is 6.67. The van der Waals surface area contributed by atoms with Crippen LogP contribution in [0.5, 0.6) is 0 Å². The van der Waals surface area contributed by atoms with Gasteiger partial charge in [-0.1, -0.05) is 32.6 Å². The van der Waals surface area contributed by atoms with Crippen molar-refractivity contribution >= 4 is 16.0 Å². The normalized spacial score (nSPS) is 11.6. The van der Waals surface area contributed by atoms with Crippen molar-refractivity contribution in [3.05, 3.63) is 42.0 Å². The number of hydrogen-bond acceptors (Lipinski definition) is 3. The molecule has 1 rings (SSSR count). The number of hydrogen-bond donors (Lipinski definition) is 1. The summed E-state index contributed by atoms with van der Waals surface area (Å²) in [6, 6.07) is 6.32. The number of carboxylic acid groups (broad SMARTS) is 1. The Morgan fingerprint density at radius 1 is 1.30 bits per heavy atom.